The topological polar surface area (TPSA) is 28.5 Å². The molecule has 0 saturated carbocycles. The predicted octanol–water partition coefficient (Wildman–Crippen LogP) is 1.66. The molecule has 2 rings (SSSR count). The summed E-state index contributed by atoms with van der Waals surface area (Å²) in [4.78, 5) is 1.75. The Labute approximate surface area is 127 Å². The van der Waals surface area contributed by atoms with Gasteiger partial charge in [-0.2, -0.15) is 0 Å². The zero-order valence-corrected chi connectivity index (χ0v) is 13.4. The second kappa shape index (κ2) is 7.60. The van der Waals surface area contributed by atoms with Gasteiger partial charge in [0.25, 0.3) is 0 Å². The molecule has 0 radical (unpaired) electrons. The van der Waals surface area contributed by atoms with E-state index in [1.165, 1.54) is 50.0 Å². The van der Waals surface area contributed by atoms with E-state index in [1.54, 1.807) is 4.90 Å². The SMILES string of the molecule is Cc1cc(C)cc(NC(=S)NCCC[NH+]2CCCC2)c1. The van der Waals surface area contributed by atoms with Crippen molar-refractivity contribution in [3.8, 4) is 0 Å². The molecule has 1 aliphatic rings. The van der Waals surface area contributed by atoms with Gasteiger partial charge in [0.05, 0.1) is 19.6 Å². The summed E-state index contributed by atoms with van der Waals surface area (Å²) in [5, 5.41) is 7.29. The largest absolute Gasteiger partial charge is 0.362 e. The number of hydrogen-bond acceptors (Lipinski definition) is 1. The maximum absolute atomic E-state index is 5.34. The molecule has 20 heavy (non-hydrogen) atoms. The van der Waals surface area contributed by atoms with Gasteiger partial charge >= 0.3 is 0 Å². The maximum atomic E-state index is 5.34. The molecule has 1 fully saturated rings. The lowest BCUT2D eigenvalue weighted by atomic mass is 10.1. The first-order chi connectivity index (χ1) is 9.63. The fourth-order valence-electron chi connectivity index (χ4n) is 2.89. The second-order valence-electron chi connectivity index (χ2n) is 5.82. The van der Waals surface area contributed by atoms with Gasteiger partial charge in [-0.3, -0.25) is 0 Å². The highest BCUT2D eigenvalue weighted by Gasteiger charge is 2.13. The third-order valence-corrected chi connectivity index (χ3v) is 4.03. The smallest absolute Gasteiger partial charge is 0.170 e. The summed E-state index contributed by atoms with van der Waals surface area (Å²) >= 11 is 5.34. The quantitative estimate of drug-likeness (QED) is 0.569. The minimum absolute atomic E-state index is 0.728. The molecule has 0 unspecified atom stereocenters. The molecule has 1 aromatic rings. The normalized spacial score (nSPS) is 15.3. The van der Waals surface area contributed by atoms with E-state index >= 15 is 0 Å². The first-order valence-corrected chi connectivity index (χ1v) is 8.01. The Morgan fingerprint density at radius 1 is 1.15 bits per heavy atom. The van der Waals surface area contributed by atoms with E-state index in [0.29, 0.717) is 0 Å². The van der Waals surface area contributed by atoms with Crippen molar-refractivity contribution >= 4 is 23.0 Å². The zero-order valence-electron chi connectivity index (χ0n) is 12.6. The van der Waals surface area contributed by atoms with E-state index in [1.807, 2.05) is 0 Å². The summed E-state index contributed by atoms with van der Waals surface area (Å²) in [7, 11) is 0. The molecule has 110 valence electrons. The number of aryl methyl sites for hydroxylation is 2. The van der Waals surface area contributed by atoms with Crippen LogP contribution in [0.2, 0.25) is 0 Å². The Hall–Kier alpha value is -1.13. The van der Waals surface area contributed by atoms with Crippen LogP contribution < -0.4 is 15.5 Å². The Bertz CT molecular complexity index is 433. The van der Waals surface area contributed by atoms with Gasteiger partial charge in [-0.05, 0) is 49.3 Å². The molecule has 0 atom stereocenters. The molecule has 0 spiro atoms. The van der Waals surface area contributed by atoms with Crippen LogP contribution in [0.25, 0.3) is 0 Å². The molecule has 0 aromatic heterocycles. The lowest BCUT2D eigenvalue weighted by Gasteiger charge is -2.14. The van der Waals surface area contributed by atoms with Crippen molar-refractivity contribution in [1.29, 1.82) is 0 Å². The van der Waals surface area contributed by atoms with Gasteiger partial charge in [0.2, 0.25) is 0 Å². The number of thiocarbonyl (C=S) groups is 1. The van der Waals surface area contributed by atoms with Crippen LogP contribution in [0.5, 0.6) is 0 Å². The Kier molecular flexibility index (Phi) is 5.80. The van der Waals surface area contributed by atoms with Crippen LogP contribution in [0.15, 0.2) is 18.2 Å². The van der Waals surface area contributed by atoms with Gasteiger partial charge in [0.15, 0.2) is 5.11 Å². The van der Waals surface area contributed by atoms with Gasteiger partial charge in [-0.1, -0.05) is 6.07 Å². The minimum Gasteiger partial charge on any atom is -0.362 e. The molecule has 0 amide bonds. The Morgan fingerprint density at radius 2 is 1.80 bits per heavy atom. The molecular formula is C16H26N3S+. The van der Waals surface area contributed by atoms with Crippen molar-refractivity contribution in [2.75, 3.05) is 31.5 Å². The van der Waals surface area contributed by atoms with Crippen LogP contribution in [-0.2, 0) is 0 Å². The molecule has 1 heterocycles. The maximum Gasteiger partial charge on any atom is 0.170 e. The molecular weight excluding hydrogens is 266 g/mol. The highest BCUT2D eigenvalue weighted by molar-refractivity contribution is 7.80. The van der Waals surface area contributed by atoms with Gasteiger partial charge in [0, 0.05) is 31.5 Å². The number of likely N-dealkylation sites (tertiary alicyclic amines) is 1. The molecule has 1 saturated heterocycles. The minimum atomic E-state index is 0.728. The van der Waals surface area contributed by atoms with Gasteiger partial charge in [0.1, 0.15) is 0 Å². The van der Waals surface area contributed by atoms with Gasteiger partial charge in [-0.15, -0.1) is 0 Å². The average molecular weight is 292 g/mol. The lowest BCUT2D eigenvalue weighted by molar-refractivity contribution is -0.887. The molecule has 3 N–H and O–H groups in total. The standard InChI is InChI=1S/C16H25N3S/c1-13-10-14(2)12-15(11-13)18-16(20)17-6-5-9-19-7-3-4-8-19/h10-12H,3-9H2,1-2H3,(H2,17,18,20)/p+1. The van der Waals surface area contributed by atoms with Crippen LogP contribution >= 0.6 is 12.2 Å². The van der Waals surface area contributed by atoms with Crippen LogP contribution in [0.4, 0.5) is 5.69 Å². The number of nitrogens with one attached hydrogen (secondary N) is 3. The van der Waals surface area contributed by atoms with E-state index in [0.717, 1.165) is 17.3 Å². The van der Waals surface area contributed by atoms with Crippen molar-refractivity contribution in [3.05, 3.63) is 29.3 Å². The fraction of sp³-hybridized carbons (Fsp3) is 0.562. The van der Waals surface area contributed by atoms with Crippen molar-refractivity contribution in [3.63, 3.8) is 0 Å². The monoisotopic (exact) mass is 292 g/mol. The van der Waals surface area contributed by atoms with E-state index in [9.17, 15) is 0 Å². The number of anilines is 1. The van der Waals surface area contributed by atoms with E-state index in [-0.39, 0.29) is 0 Å². The number of benzene rings is 1. The van der Waals surface area contributed by atoms with Crippen molar-refractivity contribution in [2.24, 2.45) is 0 Å². The number of hydrogen-bond donors (Lipinski definition) is 3. The highest BCUT2D eigenvalue weighted by Crippen LogP contribution is 2.13. The third kappa shape index (κ3) is 5.10. The molecule has 0 bridgehead atoms. The van der Waals surface area contributed by atoms with E-state index in [2.05, 4.69) is 42.7 Å². The summed E-state index contributed by atoms with van der Waals surface area (Å²) in [6.45, 7) is 9.14. The van der Waals surface area contributed by atoms with E-state index in [4.69, 9.17) is 12.2 Å². The van der Waals surface area contributed by atoms with Crippen LogP contribution in [0.3, 0.4) is 0 Å². The lowest BCUT2D eigenvalue weighted by Crippen LogP contribution is -3.10. The molecule has 4 heteroatoms. The van der Waals surface area contributed by atoms with Crippen molar-refractivity contribution in [1.82, 2.24) is 5.32 Å². The van der Waals surface area contributed by atoms with Crippen LogP contribution in [-0.4, -0.2) is 31.3 Å². The average Bonchev–Trinajstić information content (AvgIpc) is 2.86. The molecule has 1 aliphatic heterocycles. The number of rotatable bonds is 5. The summed E-state index contributed by atoms with van der Waals surface area (Å²) in [6, 6.07) is 6.41. The van der Waals surface area contributed by atoms with Gasteiger partial charge < -0.3 is 15.5 Å². The first-order valence-electron chi connectivity index (χ1n) is 7.60. The van der Waals surface area contributed by atoms with Crippen LogP contribution in [0.1, 0.15) is 30.4 Å². The third-order valence-electron chi connectivity index (χ3n) is 3.78. The highest BCUT2D eigenvalue weighted by atomic mass is 32.1. The molecule has 0 aliphatic carbocycles. The van der Waals surface area contributed by atoms with Crippen molar-refractivity contribution in [2.45, 2.75) is 33.1 Å². The zero-order chi connectivity index (χ0) is 14.4. The number of quaternary nitrogens is 1. The molecule has 1 aromatic carbocycles. The summed E-state index contributed by atoms with van der Waals surface area (Å²) in [5.41, 5.74) is 3.59. The first kappa shape index (κ1) is 15.3. The summed E-state index contributed by atoms with van der Waals surface area (Å²) in [5.74, 6) is 0. The van der Waals surface area contributed by atoms with E-state index < -0.39 is 0 Å². The summed E-state index contributed by atoms with van der Waals surface area (Å²) < 4.78 is 0. The fourth-order valence-corrected chi connectivity index (χ4v) is 3.11. The van der Waals surface area contributed by atoms with Crippen molar-refractivity contribution < 1.29 is 4.90 Å². The van der Waals surface area contributed by atoms with Crippen LogP contribution in [0, 0.1) is 13.8 Å². The Balaban J connectivity index is 1.66. The molecule has 3 nitrogen and oxygen atoms in total. The second-order valence-corrected chi connectivity index (χ2v) is 6.23. The summed E-state index contributed by atoms with van der Waals surface area (Å²) in [6.07, 6.45) is 3.98. The predicted molar refractivity (Wildman–Crippen MR) is 89.6 cm³/mol. The van der Waals surface area contributed by atoms with Gasteiger partial charge in [-0.25, -0.2) is 0 Å². The Morgan fingerprint density at radius 3 is 2.45 bits per heavy atom.